The highest BCUT2D eigenvalue weighted by Gasteiger charge is 2.30. The predicted molar refractivity (Wildman–Crippen MR) is 126 cm³/mol. The number of nitrogens with zero attached hydrogens (tertiary/aromatic N) is 1. The van der Waals surface area contributed by atoms with E-state index in [0.29, 0.717) is 24.8 Å². The minimum atomic E-state index is -0.941. The Morgan fingerprint density at radius 2 is 1.94 bits per heavy atom. The summed E-state index contributed by atoms with van der Waals surface area (Å²) in [6.07, 6.45) is 1.70. The number of hydrogen-bond donors (Lipinski definition) is 4. The minimum absolute atomic E-state index is 0.102. The molecule has 1 aliphatic heterocycles. The molecule has 3 aromatic rings. The quantitative estimate of drug-likeness (QED) is 0.358. The molecular weight excluding hydrogens is 434 g/mol. The average Bonchev–Trinajstić information content (AvgIpc) is 3.46. The molecular formula is C25H27N5O4. The topological polar surface area (TPSA) is 133 Å². The maximum absolute atomic E-state index is 13.1. The van der Waals surface area contributed by atoms with Gasteiger partial charge < -0.3 is 25.7 Å². The minimum Gasteiger partial charge on any atom is -0.356 e. The van der Waals surface area contributed by atoms with Crippen LogP contribution in [-0.2, 0) is 20.8 Å². The monoisotopic (exact) mass is 461 g/mol. The lowest BCUT2D eigenvalue weighted by Gasteiger charge is -2.21. The van der Waals surface area contributed by atoms with Crippen LogP contribution in [-0.4, -0.2) is 52.6 Å². The van der Waals surface area contributed by atoms with Crippen LogP contribution in [0.1, 0.15) is 34.6 Å². The van der Waals surface area contributed by atoms with E-state index in [1.807, 2.05) is 55.5 Å². The largest absolute Gasteiger partial charge is 0.356 e. The van der Waals surface area contributed by atoms with Crippen molar-refractivity contribution < 1.29 is 19.2 Å². The van der Waals surface area contributed by atoms with Crippen LogP contribution in [0.3, 0.4) is 0 Å². The molecule has 0 radical (unpaired) electrons. The summed E-state index contributed by atoms with van der Waals surface area (Å²) in [4.78, 5) is 57.1. The fourth-order valence-corrected chi connectivity index (χ4v) is 4.18. The molecule has 2 aromatic carbocycles. The number of aromatic amines is 1. The predicted octanol–water partition coefficient (Wildman–Crippen LogP) is 1.42. The summed E-state index contributed by atoms with van der Waals surface area (Å²) in [5.74, 6) is -1.36. The van der Waals surface area contributed by atoms with E-state index in [1.54, 1.807) is 0 Å². The number of aryl methyl sites for hydroxylation is 1. The Balaban J connectivity index is 1.51. The van der Waals surface area contributed by atoms with Crippen LogP contribution in [0.2, 0.25) is 0 Å². The fraction of sp³-hybridized carbons (Fsp3) is 0.320. The molecule has 1 aromatic heterocycles. The molecule has 1 aliphatic rings. The summed E-state index contributed by atoms with van der Waals surface area (Å²) in [6.45, 7) is 2.47. The van der Waals surface area contributed by atoms with Crippen LogP contribution in [0, 0.1) is 12.8 Å². The number of amides is 3. The van der Waals surface area contributed by atoms with E-state index in [2.05, 4.69) is 25.9 Å². The average molecular weight is 462 g/mol. The van der Waals surface area contributed by atoms with Gasteiger partial charge >= 0.3 is 0 Å². The summed E-state index contributed by atoms with van der Waals surface area (Å²) in [7, 11) is 0. The number of benzene rings is 2. The lowest BCUT2D eigenvalue weighted by Crippen LogP contribution is -2.51. The third kappa shape index (κ3) is 5.31. The Labute approximate surface area is 196 Å². The second kappa shape index (κ2) is 10.3. The number of aldehydes is 1. The van der Waals surface area contributed by atoms with E-state index in [1.165, 1.54) is 0 Å². The van der Waals surface area contributed by atoms with E-state index in [-0.39, 0.29) is 30.5 Å². The number of nitrogens with one attached hydrogen (secondary N) is 4. The van der Waals surface area contributed by atoms with Crippen LogP contribution in [0.4, 0.5) is 0 Å². The highest BCUT2D eigenvalue weighted by atomic mass is 16.2. The van der Waals surface area contributed by atoms with Gasteiger partial charge in [0.2, 0.25) is 11.8 Å². The fourth-order valence-electron chi connectivity index (χ4n) is 4.18. The van der Waals surface area contributed by atoms with Gasteiger partial charge in [-0.2, -0.15) is 0 Å². The number of H-pyrrole nitrogens is 1. The molecule has 4 rings (SSSR count). The third-order valence-corrected chi connectivity index (χ3v) is 6.03. The first-order valence-corrected chi connectivity index (χ1v) is 11.3. The molecule has 0 saturated carbocycles. The van der Waals surface area contributed by atoms with Crippen LogP contribution < -0.4 is 16.0 Å². The standard InChI is InChI=1S/C25H27N5O4/c1-15-6-5-9-19-21(15)30-22(28-19)25(34)29-20(12-16-7-3-2-4-8-16)24(33)27-18(14-31)13-17-10-11-26-23(17)32/h2-9,14,17-18,20H,10-13H2,1H3,(H,26,32)(H,27,33)(H,28,30)(H,29,34)/t17-,18-,20-/m0/s1. The Morgan fingerprint density at radius 3 is 2.62 bits per heavy atom. The van der Waals surface area contributed by atoms with Crippen molar-refractivity contribution in [2.24, 2.45) is 5.92 Å². The molecule has 1 fully saturated rings. The molecule has 0 aliphatic carbocycles. The smallest absolute Gasteiger partial charge is 0.287 e. The van der Waals surface area contributed by atoms with Crippen LogP contribution >= 0.6 is 0 Å². The van der Waals surface area contributed by atoms with Crippen molar-refractivity contribution in [1.82, 2.24) is 25.9 Å². The molecule has 3 atom stereocenters. The first kappa shape index (κ1) is 23.2. The SMILES string of the molecule is Cc1cccc2[nH]c(C(=O)N[C@@H](Cc3ccccc3)C(=O)N[C@H](C=O)C[C@@H]3CCNC3=O)nc12. The Kier molecular flexibility index (Phi) is 7.01. The second-order valence-corrected chi connectivity index (χ2v) is 8.54. The summed E-state index contributed by atoms with van der Waals surface area (Å²) < 4.78 is 0. The van der Waals surface area contributed by atoms with Crippen LogP contribution in [0.15, 0.2) is 48.5 Å². The van der Waals surface area contributed by atoms with Gasteiger partial charge in [-0.15, -0.1) is 0 Å². The molecule has 3 amide bonds. The summed E-state index contributed by atoms with van der Waals surface area (Å²) in [5.41, 5.74) is 3.19. The van der Waals surface area contributed by atoms with Crippen molar-refractivity contribution in [3.8, 4) is 0 Å². The van der Waals surface area contributed by atoms with Gasteiger partial charge in [-0.1, -0.05) is 42.5 Å². The molecule has 0 spiro atoms. The molecule has 9 heteroatoms. The molecule has 4 N–H and O–H groups in total. The van der Waals surface area contributed by atoms with Gasteiger partial charge in [0.15, 0.2) is 5.82 Å². The third-order valence-electron chi connectivity index (χ3n) is 6.03. The van der Waals surface area contributed by atoms with Gasteiger partial charge in [0.25, 0.3) is 5.91 Å². The Bertz CT molecular complexity index is 1210. The number of carbonyl (C=O) groups is 4. The normalized spacial score (nSPS) is 17.1. The summed E-state index contributed by atoms with van der Waals surface area (Å²) in [5, 5.41) is 8.18. The number of rotatable bonds is 9. The zero-order chi connectivity index (χ0) is 24.1. The molecule has 1 saturated heterocycles. The summed E-state index contributed by atoms with van der Waals surface area (Å²) in [6, 6.07) is 13.1. The second-order valence-electron chi connectivity index (χ2n) is 8.54. The molecule has 0 bridgehead atoms. The number of imidazole rings is 1. The van der Waals surface area contributed by atoms with Gasteiger partial charge in [0, 0.05) is 18.9 Å². The van der Waals surface area contributed by atoms with Crippen molar-refractivity contribution in [1.29, 1.82) is 0 Å². The number of para-hydroxylation sites is 1. The van der Waals surface area contributed by atoms with E-state index in [4.69, 9.17) is 0 Å². The first-order chi connectivity index (χ1) is 16.4. The number of hydrogen-bond acceptors (Lipinski definition) is 5. The zero-order valence-electron chi connectivity index (χ0n) is 18.8. The molecule has 2 heterocycles. The van der Waals surface area contributed by atoms with Gasteiger partial charge in [0.1, 0.15) is 12.3 Å². The summed E-state index contributed by atoms with van der Waals surface area (Å²) >= 11 is 0. The van der Waals surface area contributed by atoms with Gasteiger partial charge in [-0.25, -0.2) is 4.98 Å². The van der Waals surface area contributed by atoms with E-state index in [0.717, 1.165) is 16.6 Å². The van der Waals surface area contributed by atoms with E-state index in [9.17, 15) is 19.2 Å². The molecule has 9 nitrogen and oxygen atoms in total. The van der Waals surface area contributed by atoms with Crippen molar-refractivity contribution in [2.45, 2.75) is 38.3 Å². The van der Waals surface area contributed by atoms with Crippen molar-refractivity contribution in [3.05, 3.63) is 65.5 Å². The number of aromatic nitrogens is 2. The van der Waals surface area contributed by atoms with Crippen LogP contribution in [0.25, 0.3) is 11.0 Å². The maximum Gasteiger partial charge on any atom is 0.287 e. The van der Waals surface area contributed by atoms with E-state index < -0.39 is 23.9 Å². The number of carbonyl (C=O) groups excluding carboxylic acids is 4. The van der Waals surface area contributed by atoms with Gasteiger partial charge in [-0.3, -0.25) is 14.4 Å². The Morgan fingerprint density at radius 1 is 1.15 bits per heavy atom. The van der Waals surface area contributed by atoms with E-state index >= 15 is 0 Å². The maximum atomic E-state index is 13.1. The van der Waals surface area contributed by atoms with Crippen LogP contribution in [0.5, 0.6) is 0 Å². The lowest BCUT2D eigenvalue weighted by atomic mass is 9.98. The van der Waals surface area contributed by atoms with Crippen molar-refractivity contribution in [3.63, 3.8) is 0 Å². The molecule has 176 valence electrons. The highest BCUT2D eigenvalue weighted by molar-refractivity contribution is 5.98. The first-order valence-electron chi connectivity index (χ1n) is 11.3. The zero-order valence-corrected chi connectivity index (χ0v) is 18.8. The molecule has 34 heavy (non-hydrogen) atoms. The van der Waals surface area contributed by atoms with Gasteiger partial charge in [0.05, 0.1) is 17.1 Å². The molecule has 0 unspecified atom stereocenters. The van der Waals surface area contributed by atoms with Crippen molar-refractivity contribution >= 4 is 35.0 Å². The van der Waals surface area contributed by atoms with Gasteiger partial charge in [-0.05, 0) is 37.0 Å². The number of fused-ring (bicyclic) bond motifs is 1. The lowest BCUT2D eigenvalue weighted by molar-refractivity contribution is -0.127. The highest BCUT2D eigenvalue weighted by Crippen LogP contribution is 2.17. The van der Waals surface area contributed by atoms with Crippen molar-refractivity contribution in [2.75, 3.05) is 6.54 Å². The Hall–Kier alpha value is -4.01.